The van der Waals surface area contributed by atoms with Crippen LogP contribution in [0.25, 0.3) is 0 Å². The van der Waals surface area contributed by atoms with E-state index < -0.39 is 92.6 Å². The summed E-state index contributed by atoms with van der Waals surface area (Å²) in [6.07, 6.45) is 0.726. The molecule has 262 valence electrons. The molecule has 1 aliphatic rings. The van der Waals surface area contributed by atoms with Gasteiger partial charge in [-0.3, -0.25) is 33.3 Å². The third kappa shape index (κ3) is 14.3. The van der Waals surface area contributed by atoms with Crippen LogP contribution in [0.3, 0.4) is 0 Å². The second-order valence-electron chi connectivity index (χ2n) is 12.1. The maximum absolute atomic E-state index is 13.7. The van der Waals surface area contributed by atoms with Crippen molar-refractivity contribution in [3.05, 3.63) is 0 Å². The number of nitrogens with zero attached hydrogens (tertiary/aromatic N) is 1. The van der Waals surface area contributed by atoms with Crippen molar-refractivity contribution in [1.82, 2.24) is 26.2 Å². The number of hydrogen-bond acceptors (Lipinski definition) is 10. The number of amides is 5. The van der Waals surface area contributed by atoms with Crippen LogP contribution >= 0.6 is 7.82 Å². The van der Waals surface area contributed by atoms with Gasteiger partial charge in [0.25, 0.3) is 0 Å². The first-order chi connectivity index (χ1) is 21.2. The molecule has 9 N–H and O–H groups in total. The van der Waals surface area contributed by atoms with Crippen molar-refractivity contribution >= 4 is 49.6 Å². The van der Waals surface area contributed by atoms with E-state index in [1.165, 1.54) is 11.8 Å². The number of hydrogen-bond donors (Lipinski definition) is 8. The Kier molecular flexibility index (Phi) is 16.4. The van der Waals surface area contributed by atoms with Gasteiger partial charge in [0.05, 0.1) is 25.1 Å². The summed E-state index contributed by atoms with van der Waals surface area (Å²) in [7, 11) is -5.14. The number of nitrogens with one attached hydrogen (secondary N) is 4. The van der Waals surface area contributed by atoms with Gasteiger partial charge in [0.2, 0.25) is 29.5 Å². The van der Waals surface area contributed by atoms with Gasteiger partial charge in [-0.25, -0.2) is 4.57 Å². The number of aldehydes is 1. The summed E-state index contributed by atoms with van der Waals surface area (Å²) in [6, 6.07) is -7.50. The average Bonchev–Trinajstić information content (AvgIpc) is 3.42. The lowest BCUT2D eigenvalue weighted by molar-refractivity contribution is -0.142. The van der Waals surface area contributed by atoms with Crippen molar-refractivity contribution < 1.29 is 57.5 Å². The minimum absolute atomic E-state index is 0.0145. The lowest BCUT2D eigenvalue weighted by Gasteiger charge is -2.31. The summed E-state index contributed by atoms with van der Waals surface area (Å²) in [4.78, 5) is 107. The third-order valence-electron chi connectivity index (χ3n) is 6.85. The molecule has 46 heavy (non-hydrogen) atoms. The minimum Gasteiger partial charge on any atom is -0.481 e. The molecule has 0 spiro atoms. The molecule has 0 radical (unpaired) electrons. The molecular formula is C27H47N6O12P. The number of rotatable bonds is 19. The fourth-order valence-corrected chi connectivity index (χ4v) is 5.06. The minimum atomic E-state index is -5.14. The second-order valence-corrected chi connectivity index (χ2v) is 13.3. The van der Waals surface area contributed by atoms with E-state index in [-0.39, 0.29) is 31.2 Å². The molecule has 0 aliphatic carbocycles. The van der Waals surface area contributed by atoms with Crippen LogP contribution in [0.2, 0.25) is 0 Å². The summed E-state index contributed by atoms with van der Waals surface area (Å²) in [5.41, 5.74) is 5.60. The van der Waals surface area contributed by atoms with Crippen molar-refractivity contribution in [2.24, 2.45) is 17.6 Å². The highest BCUT2D eigenvalue weighted by atomic mass is 31.2. The molecule has 0 unspecified atom stereocenters. The van der Waals surface area contributed by atoms with E-state index in [1.807, 2.05) is 0 Å². The smallest absolute Gasteiger partial charge is 0.469 e. The van der Waals surface area contributed by atoms with Gasteiger partial charge in [-0.15, -0.1) is 0 Å². The number of carboxylic acid groups (broad SMARTS) is 1. The van der Waals surface area contributed by atoms with Crippen LogP contribution in [0.5, 0.6) is 0 Å². The van der Waals surface area contributed by atoms with Gasteiger partial charge < -0.3 is 51.6 Å². The quantitative estimate of drug-likeness (QED) is 0.0550. The predicted octanol–water partition coefficient (Wildman–Crippen LogP) is -1.86. The lowest BCUT2D eigenvalue weighted by Crippen LogP contribution is -2.60. The topological polar surface area (TPSA) is 284 Å². The van der Waals surface area contributed by atoms with Crippen LogP contribution in [0.15, 0.2) is 0 Å². The highest BCUT2D eigenvalue weighted by Crippen LogP contribution is 2.35. The van der Waals surface area contributed by atoms with E-state index in [0.29, 0.717) is 19.1 Å². The van der Waals surface area contributed by atoms with Crippen LogP contribution in [0.1, 0.15) is 66.7 Å². The summed E-state index contributed by atoms with van der Waals surface area (Å²) >= 11 is 0. The van der Waals surface area contributed by atoms with Crippen LogP contribution in [0.4, 0.5) is 0 Å². The number of nitrogens with two attached hydrogens (primary N) is 1. The van der Waals surface area contributed by atoms with Crippen molar-refractivity contribution in [3.8, 4) is 0 Å². The van der Waals surface area contributed by atoms with E-state index in [0.717, 1.165) is 0 Å². The highest BCUT2D eigenvalue weighted by Gasteiger charge is 2.39. The number of carbonyl (C=O) groups excluding carboxylic acids is 6. The fourth-order valence-electron chi connectivity index (χ4n) is 4.71. The summed E-state index contributed by atoms with van der Waals surface area (Å²) in [5, 5.41) is 18.6. The maximum Gasteiger partial charge on any atom is 0.469 e. The second kappa shape index (κ2) is 18.6. The molecule has 1 aliphatic heterocycles. The number of phosphoric ester groups is 1. The van der Waals surface area contributed by atoms with Crippen LogP contribution in [-0.4, -0.2) is 111 Å². The molecule has 5 amide bonds. The van der Waals surface area contributed by atoms with E-state index >= 15 is 0 Å². The zero-order valence-corrected chi connectivity index (χ0v) is 27.5. The molecule has 0 aromatic rings. The largest absolute Gasteiger partial charge is 0.481 e. The SMILES string of the molecule is CC(C)C[C@H](NC(=O)[C@@H](N)CC(=O)O)C(=O)N[C@@H](COP(=O)(O)O)C(=O)N[C@@H](CC(C)C)C(=O)N1CCC[C@H]1C(=O)N[C@@H](C)C=O. The molecule has 19 heteroatoms. The molecular weight excluding hydrogens is 631 g/mol. The Morgan fingerprint density at radius 2 is 1.41 bits per heavy atom. The van der Waals surface area contributed by atoms with Crippen LogP contribution < -0.4 is 27.0 Å². The molecule has 0 saturated carbocycles. The third-order valence-corrected chi connectivity index (χ3v) is 7.33. The number of aliphatic carboxylic acids is 1. The number of phosphoric acid groups is 1. The molecule has 18 nitrogen and oxygen atoms in total. The summed E-state index contributed by atoms with van der Waals surface area (Å²) in [5.74, 6) is -5.82. The zero-order valence-electron chi connectivity index (χ0n) is 26.6. The van der Waals surface area contributed by atoms with Crippen molar-refractivity contribution in [2.75, 3.05) is 13.2 Å². The molecule has 1 fully saturated rings. The Bertz CT molecular complexity index is 1160. The van der Waals surface area contributed by atoms with Gasteiger partial charge in [-0.05, 0) is 44.4 Å². The van der Waals surface area contributed by atoms with E-state index in [4.69, 9.17) is 10.8 Å². The zero-order chi connectivity index (χ0) is 35.4. The first-order valence-corrected chi connectivity index (χ1v) is 16.4. The normalized spacial score (nSPS) is 18.2. The van der Waals surface area contributed by atoms with Gasteiger partial charge in [-0.1, -0.05) is 27.7 Å². The van der Waals surface area contributed by atoms with Crippen LogP contribution in [0, 0.1) is 11.8 Å². The van der Waals surface area contributed by atoms with Gasteiger partial charge in [-0.2, -0.15) is 0 Å². The van der Waals surface area contributed by atoms with E-state index in [2.05, 4.69) is 25.8 Å². The predicted molar refractivity (Wildman–Crippen MR) is 161 cm³/mol. The van der Waals surface area contributed by atoms with Crippen molar-refractivity contribution in [3.63, 3.8) is 0 Å². The highest BCUT2D eigenvalue weighted by molar-refractivity contribution is 7.46. The Morgan fingerprint density at radius 1 is 0.891 bits per heavy atom. The summed E-state index contributed by atoms with van der Waals surface area (Å²) in [6.45, 7) is 7.64. The van der Waals surface area contributed by atoms with Gasteiger partial charge in [0.1, 0.15) is 30.5 Å². The van der Waals surface area contributed by atoms with E-state index in [9.17, 15) is 47.9 Å². The average molecular weight is 679 g/mol. The van der Waals surface area contributed by atoms with Crippen molar-refractivity contribution in [2.45, 2.75) is 103 Å². The van der Waals surface area contributed by atoms with Gasteiger partial charge >= 0.3 is 13.8 Å². The molecule has 0 aromatic heterocycles. The monoisotopic (exact) mass is 678 g/mol. The fraction of sp³-hybridized carbons (Fsp3) is 0.741. The molecule has 1 heterocycles. The molecule has 0 bridgehead atoms. The molecule has 1 rings (SSSR count). The maximum atomic E-state index is 13.7. The first-order valence-electron chi connectivity index (χ1n) is 14.9. The number of likely N-dealkylation sites (tertiary alicyclic amines) is 1. The Balaban J connectivity index is 3.26. The number of carbonyl (C=O) groups is 7. The molecule has 1 saturated heterocycles. The molecule has 6 atom stereocenters. The van der Waals surface area contributed by atoms with Gasteiger partial charge in [0, 0.05) is 6.54 Å². The van der Waals surface area contributed by atoms with Crippen LogP contribution in [-0.2, 0) is 42.7 Å². The lowest BCUT2D eigenvalue weighted by atomic mass is 10.0. The molecule has 0 aromatic carbocycles. The van der Waals surface area contributed by atoms with Gasteiger partial charge in [0.15, 0.2) is 0 Å². The standard InChI is InChI=1S/C27H47N6O12P/c1-14(2)9-18(30-23(37)17(28)11-22(35)36)24(38)32-20(13-45-46(42,43)44)25(39)31-19(10-15(3)4)27(41)33-8-6-7-21(33)26(40)29-16(5)12-34/h12,14-21H,6-11,13,28H2,1-5H3,(H,29,40)(H,30,37)(H,31,39)(H,32,38)(H,35,36)(H2,42,43,44)/t16-,17-,18-,19-,20-,21-/m0/s1. The Hall–Kier alpha value is -3.44. The summed E-state index contributed by atoms with van der Waals surface area (Å²) < 4.78 is 16.0. The van der Waals surface area contributed by atoms with Crippen molar-refractivity contribution in [1.29, 1.82) is 0 Å². The number of carboxylic acids is 1. The first kappa shape index (κ1) is 40.6. The van der Waals surface area contributed by atoms with E-state index in [1.54, 1.807) is 27.7 Å². The Labute approximate surface area is 267 Å². The Morgan fingerprint density at radius 3 is 1.93 bits per heavy atom.